The maximum absolute atomic E-state index is 12.4. The van der Waals surface area contributed by atoms with E-state index in [0.29, 0.717) is 25.4 Å². The van der Waals surface area contributed by atoms with Gasteiger partial charge in [0, 0.05) is 8.59 Å². The molecule has 1 N–H and O–H groups in total. The first-order chi connectivity index (χ1) is 9.83. The first-order valence-corrected chi connectivity index (χ1v) is 8.76. The molecule has 0 saturated heterocycles. The van der Waals surface area contributed by atoms with Crippen LogP contribution in [0.15, 0.2) is 41.3 Å². The Labute approximate surface area is 141 Å². The van der Waals surface area contributed by atoms with Gasteiger partial charge in [-0.15, -0.1) is 0 Å². The van der Waals surface area contributed by atoms with Gasteiger partial charge in [0.25, 0.3) is 10.0 Å². The summed E-state index contributed by atoms with van der Waals surface area (Å²) in [5.74, 6) is 0. The highest BCUT2D eigenvalue weighted by Crippen LogP contribution is 2.26. The molecular weight excluding hydrogens is 423 g/mol. The number of sulfonamides is 1. The Morgan fingerprint density at radius 1 is 1.24 bits per heavy atom. The molecular formula is C14H10ClIN2O2S. The largest absolute Gasteiger partial charge is 0.279 e. The van der Waals surface area contributed by atoms with E-state index in [1.54, 1.807) is 31.2 Å². The van der Waals surface area contributed by atoms with Crippen LogP contribution in [0.4, 0.5) is 5.69 Å². The van der Waals surface area contributed by atoms with Gasteiger partial charge in [-0.1, -0.05) is 11.6 Å². The van der Waals surface area contributed by atoms with E-state index in [4.69, 9.17) is 16.9 Å². The zero-order chi connectivity index (χ0) is 15.6. The summed E-state index contributed by atoms with van der Waals surface area (Å²) in [6.07, 6.45) is 0. The van der Waals surface area contributed by atoms with E-state index < -0.39 is 10.0 Å². The minimum absolute atomic E-state index is 0.146. The smallest absolute Gasteiger partial charge is 0.262 e. The molecule has 21 heavy (non-hydrogen) atoms. The number of aryl methyl sites for hydroxylation is 1. The molecule has 2 rings (SSSR count). The van der Waals surface area contributed by atoms with Crippen LogP contribution in [0.1, 0.15) is 11.1 Å². The number of rotatable bonds is 3. The molecule has 2 aromatic rings. The molecule has 2 aromatic carbocycles. The zero-order valence-electron chi connectivity index (χ0n) is 10.9. The van der Waals surface area contributed by atoms with Crippen molar-refractivity contribution in [1.82, 2.24) is 0 Å². The van der Waals surface area contributed by atoms with Crippen molar-refractivity contribution in [2.45, 2.75) is 11.8 Å². The molecule has 4 nitrogen and oxygen atoms in total. The summed E-state index contributed by atoms with van der Waals surface area (Å²) in [4.78, 5) is 0.146. The number of nitrogens with zero attached hydrogens (tertiary/aromatic N) is 1. The first kappa shape index (κ1) is 16.1. The maximum Gasteiger partial charge on any atom is 0.262 e. The van der Waals surface area contributed by atoms with E-state index in [2.05, 4.69) is 4.72 Å². The van der Waals surface area contributed by atoms with E-state index in [1.807, 2.05) is 28.7 Å². The summed E-state index contributed by atoms with van der Waals surface area (Å²) in [7, 11) is -3.71. The van der Waals surface area contributed by atoms with E-state index in [9.17, 15) is 8.42 Å². The van der Waals surface area contributed by atoms with Gasteiger partial charge in [-0.3, -0.25) is 4.72 Å². The predicted octanol–water partition coefficient (Wildman–Crippen LogP) is 3.93. The molecule has 0 spiro atoms. The van der Waals surface area contributed by atoms with E-state index >= 15 is 0 Å². The van der Waals surface area contributed by atoms with Crippen molar-refractivity contribution in [2.24, 2.45) is 0 Å². The number of nitrogens with one attached hydrogen (secondary N) is 1. The second-order valence-electron chi connectivity index (χ2n) is 4.32. The van der Waals surface area contributed by atoms with Crippen LogP contribution in [0.3, 0.4) is 0 Å². The summed E-state index contributed by atoms with van der Waals surface area (Å²) in [5, 5.41) is 9.36. The van der Waals surface area contributed by atoms with Crippen LogP contribution >= 0.6 is 34.2 Å². The molecule has 0 fully saturated rings. The van der Waals surface area contributed by atoms with Crippen LogP contribution in [-0.2, 0) is 10.0 Å². The first-order valence-electron chi connectivity index (χ1n) is 5.82. The molecule has 0 aliphatic heterocycles. The van der Waals surface area contributed by atoms with Gasteiger partial charge in [-0.25, -0.2) is 8.42 Å². The number of nitriles is 1. The maximum atomic E-state index is 12.4. The van der Waals surface area contributed by atoms with Gasteiger partial charge in [0.2, 0.25) is 0 Å². The van der Waals surface area contributed by atoms with Gasteiger partial charge in [-0.05, 0) is 71.5 Å². The third kappa shape index (κ3) is 3.67. The van der Waals surface area contributed by atoms with Crippen LogP contribution in [0.5, 0.6) is 0 Å². The number of benzene rings is 2. The van der Waals surface area contributed by atoms with Gasteiger partial charge in [0.15, 0.2) is 0 Å². The monoisotopic (exact) mass is 432 g/mol. The Kier molecular flexibility index (Phi) is 4.76. The van der Waals surface area contributed by atoms with Gasteiger partial charge in [-0.2, -0.15) is 5.26 Å². The average Bonchev–Trinajstić information content (AvgIpc) is 2.41. The molecule has 7 heteroatoms. The number of hydrogen-bond acceptors (Lipinski definition) is 3. The van der Waals surface area contributed by atoms with Crippen LogP contribution in [0, 0.1) is 21.8 Å². The summed E-state index contributed by atoms with van der Waals surface area (Å²) in [5.41, 5.74) is 1.40. The van der Waals surface area contributed by atoms with Crippen molar-refractivity contribution in [3.05, 3.63) is 56.1 Å². The van der Waals surface area contributed by atoms with Crippen molar-refractivity contribution in [3.8, 4) is 6.07 Å². The highest BCUT2D eigenvalue weighted by molar-refractivity contribution is 14.1. The quantitative estimate of drug-likeness (QED) is 0.747. The van der Waals surface area contributed by atoms with E-state index in [1.165, 1.54) is 12.1 Å². The lowest BCUT2D eigenvalue weighted by Gasteiger charge is -2.12. The summed E-state index contributed by atoms with van der Waals surface area (Å²) in [6, 6.07) is 11.3. The Hall–Kier alpha value is -1.30. The van der Waals surface area contributed by atoms with Crippen LogP contribution in [-0.4, -0.2) is 8.42 Å². The van der Waals surface area contributed by atoms with E-state index in [0.717, 1.165) is 0 Å². The summed E-state index contributed by atoms with van der Waals surface area (Å²) >= 11 is 7.86. The minimum atomic E-state index is -3.71. The molecule has 0 radical (unpaired) electrons. The predicted molar refractivity (Wildman–Crippen MR) is 90.9 cm³/mol. The van der Waals surface area contributed by atoms with E-state index in [-0.39, 0.29) is 4.90 Å². The lowest BCUT2D eigenvalue weighted by Crippen LogP contribution is -2.15. The van der Waals surface area contributed by atoms with Gasteiger partial charge >= 0.3 is 0 Å². The van der Waals surface area contributed by atoms with Gasteiger partial charge in [0.05, 0.1) is 22.2 Å². The molecule has 0 aromatic heterocycles. The highest BCUT2D eigenvalue weighted by Gasteiger charge is 2.18. The SMILES string of the molecule is Cc1cc(C#N)ccc1S(=O)(=O)Nc1ccc(Cl)cc1I. The summed E-state index contributed by atoms with van der Waals surface area (Å²) < 4.78 is 28.1. The van der Waals surface area contributed by atoms with Crippen molar-refractivity contribution < 1.29 is 8.42 Å². The Bertz CT molecular complexity index is 845. The highest BCUT2D eigenvalue weighted by atomic mass is 127. The Balaban J connectivity index is 2.41. The molecule has 108 valence electrons. The lowest BCUT2D eigenvalue weighted by atomic mass is 10.2. The minimum Gasteiger partial charge on any atom is -0.279 e. The Morgan fingerprint density at radius 2 is 1.95 bits per heavy atom. The van der Waals surface area contributed by atoms with Crippen LogP contribution in [0.2, 0.25) is 5.02 Å². The van der Waals surface area contributed by atoms with Crippen molar-refractivity contribution in [2.75, 3.05) is 4.72 Å². The second-order valence-corrected chi connectivity index (χ2v) is 7.57. The number of anilines is 1. The number of halogens is 2. The Morgan fingerprint density at radius 3 is 2.52 bits per heavy atom. The molecule has 0 amide bonds. The zero-order valence-corrected chi connectivity index (χ0v) is 14.6. The summed E-state index contributed by atoms with van der Waals surface area (Å²) in [6.45, 7) is 1.65. The lowest BCUT2D eigenvalue weighted by molar-refractivity contribution is 0.600. The topological polar surface area (TPSA) is 70.0 Å². The van der Waals surface area contributed by atoms with Crippen molar-refractivity contribution in [3.63, 3.8) is 0 Å². The standard InChI is InChI=1S/C14H10ClIN2O2S/c1-9-6-10(8-17)2-5-14(9)21(19,20)18-13-4-3-11(15)7-12(13)16/h2-7,18H,1H3. The normalized spacial score (nSPS) is 11.0. The van der Waals surface area contributed by atoms with Crippen molar-refractivity contribution >= 4 is 49.9 Å². The second kappa shape index (κ2) is 6.22. The van der Waals surface area contributed by atoms with Crippen molar-refractivity contribution in [1.29, 1.82) is 5.26 Å². The molecule has 0 aliphatic carbocycles. The van der Waals surface area contributed by atoms with Gasteiger partial charge in [0.1, 0.15) is 0 Å². The number of hydrogen-bond donors (Lipinski definition) is 1. The molecule has 0 atom stereocenters. The fourth-order valence-electron chi connectivity index (χ4n) is 1.79. The molecule has 0 unspecified atom stereocenters. The fraction of sp³-hybridized carbons (Fsp3) is 0.0714. The van der Waals surface area contributed by atoms with Crippen LogP contribution < -0.4 is 4.72 Å². The molecule has 0 bridgehead atoms. The molecule has 0 aliphatic rings. The average molecular weight is 433 g/mol. The fourth-order valence-corrected chi connectivity index (χ4v) is 4.29. The molecule has 0 heterocycles. The van der Waals surface area contributed by atoms with Crippen LogP contribution in [0.25, 0.3) is 0 Å². The third-order valence-corrected chi connectivity index (χ3v) is 5.42. The van der Waals surface area contributed by atoms with Gasteiger partial charge < -0.3 is 0 Å². The third-order valence-electron chi connectivity index (χ3n) is 2.77. The molecule has 0 saturated carbocycles.